The van der Waals surface area contributed by atoms with Crippen molar-refractivity contribution >= 4 is 46.1 Å². The van der Waals surface area contributed by atoms with Gasteiger partial charge >= 0.3 is 5.97 Å². The zero-order valence-electron chi connectivity index (χ0n) is 12.5. The predicted octanol–water partition coefficient (Wildman–Crippen LogP) is 5.33. The molecule has 0 aromatic heterocycles. The van der Waals surface area contributed by atoms with E-state index in [4.69, 9.17) is 4.74 Å². The van der Waals surface area contributed by atoms with Crippen LogP contribution in [0.4, 0.5) is 0 Å². The van der Waals surface area contributed by atoms with Crippen LogP contribution in [0, 0.1) is 0 Å². The maximum Gasteiger partial charge on any atom is 0.338 e. The van der Waals surface area contributed by atoms with Crippen molar-refractivity contribution in [3.63, 3.8) is 0 Å². The van der Waals surface area contributed by atoms with Crippen LogP contribution < -0.4 is 0 Å². The number of carbonyl (C=O) groups excluding carboxylic acids is 1. The fourth-order valence-electron chi connectivity index (χ4n) is 1.86. The molecule has 1 aliphatic heterocycles. The molecule has 0 fully saturated rings. The normalized spacial score (nSPS) is 15.4. The van der Waals surface area contributed by atoms with E-state index < -0.39 is 5.60 Å². The number of allylic oxidation sites excluding steroid dienone is 3. The molecule has 0 saturated heterocycles. The summed E-state index contributed by atoms with van der Waals surface area (Å²) in [5.74, 6) is -0.268. The minimum atomic E-state index is -0.473. The van der Waals surface area contributed by atoms with Crippen molar-refractivity contribution in [1.82, 2.24) is 0 Å². The van der Waals surface area contributed by atoms with Gasteiger partial charge < -0.3 is 4.74 Å². The third kappa shape index (κ3) is 4.61. The number of ether oxygens (including phenoxy) is 1. The highest BCUT2D eigenvalue weighted by Gasteiger charge is 2.18. The van der Waals surface area contributed by atoms with Crippen LogP contribution in [0.3, 0.4) is 0 Å². The van der Waals surface area contributed by atoms with Crippen molar-refractivity contribution in [2.45, 2.75) is 33.3 Å². The minimum absolute atomic E-state index is 0.219. The van der Waals surface area contributed by atoms with Crippen LogP contribution in [0.15, 0.2) is 44.5 Å². The van der Waals surface area contributed by atoms with Crippen LogP contribution >= 0.6 is 36.7 Å². The lowest BCUT2D eigenvalue weighted by Crippen LogP contribution is -2.24. The Morgan fingerprint density at radius 3 is 2.62 bits per heavy atom. The molecule has 112 valence electrons. The van der Waals surface area contributed by atoms with Crippen LogP contribution in [0.2, 0.25) is 0 Å². The zero-order chi connectivity index (χ0) is 15.6. The summed E-state index contributed by atoms with van der Waals surface area (Å²) in [6.07, 6.45) is 4.23. The average molecular weight is 461 g/mol. The minimum Gasteiger partial charge on any atom is -0.456 e. The maximum atomic E-state index is 12.2. The van der Waals surface area contributed by atoms with Gasteiger partial charge in [0.1, 0.15) is 5.60 Å². The van der Waals surface area contributed by atoms with Crippen molar-refractivity contribution in [2.75, 3.05) is 0 Å². The van der Waals surface area contributed by atoms with E-state index in [-0.39, 0.29) is 26.7 Å². The third-order valence-electron chi connectivity index (χ3n) is 2.74. The number of hydrogen-bond acceptors (Lipinski definition) is 2. The second-order valence-corrected chi connectivity index (χ2v) is 10.9. The SMILES string of the molecule is CC1=CC=C(Br)I=C1c1cccc(C(=O)OC(C)(C)C)c1. The molecule has 1 aliphatic rings. The molecular weight excluding hydrogens is 443 g/mol. The molecule has 0 unspecified atom stereocenters. The van der Waals surface area contributed by atoms with Crippen LogP contribution in [0.1, 0.15) is 43.6 Å². The Bertz CT molecular complexity index is 664. The Balaban J connectivity index is 2.33. The standard InChI is InChI=1S/C17H18BrIO2/c1-11-8-9-14(18)19-15(11)12-6-5-7-13(10-12)16(20)21-17(2,3)4/h5-10H,1-4H3. The molecule has 0 radical (unpaired) electrons. The summed E-state index contributed by atoms with van der Waals surface area (Å²) in [5.41, 5.74) is 2.52. The van der Waals surface area contributed by atoms with Gasteiger partial charge in [-0.3, -0.25) is 0 Å². The summed E-state index contributed by atoms with van der Waals surface area (Å²) >= 11 is 3.37. The van der Waals surface area contributed by atoms with Crippen LogP contribution in [0.5, 0.6) is 0 Å². The van der Waals surface area contributed by atoms with Gasteiger partial charge in [-0.25, -0.2) is 4.79 Å². The van der Waals surface area contributed by atoms with Crippen LogP contribution in [-0.4, -0.2) is 15.1 Å². The molecule has 2 nitrogen and oxygen atoms in total. The van der Waals surface area contributed by atoms with E-state index in [1.165, 1.54) is 11.6 Å². The molecule has 0 atom stereocenters. The van der Waals surface area contributed by atoms with Gasteiger partial charge in [0, 0.05) is 3.51 Å². The second kappa shape index (κ2) is 6.57. The molecule has 21 heavy (non-hydrogen) atoms. The summed E-state index contributed by atoms with van der Waals surface area (Å²) in [6, 6.07) is 7.73. The summed E-state index contributed by atoms with van der Waals surface area (Å²) in [7, 11) is 0. The van der Waals surface area contributed by atoms with E-state index in [1.54, 1.807) is 0 Å². The molecule has 1 aromatic carbocycles. The molecule has 0 bridgehead atoms. The number of hydrogen-bond donors (Lipinski definition) is 0. The van der Waals surface area contributed by atoms with Crippen LogP contribution in [-0.2, 0) is 4.74 Å². The second-order valence-electron chi connectivity index (χ2n) is 5.80. The Kier molecular flexibility index (Phi) is 5.20. The molecule has 4 heteroatoms. The molecule has 0 aliphatic carbocycles. The largest absolute Gasteiger partial charge is 0.456 e. The number of benzene rings is 1. The van der Waals surface area contributed by atoms with Gasteiger partial charge in [0.05, 0.1) is 8.05 Å². The molecule has 0 spiro atoms. The lowest BCUT2D eigenvalue weighted by molar-refractivity contribution is 0.00695. The van der Waals surface area contributed by atoms with Crippen LogP contribution in [0.25, 0.3) is 0 Å². The fourth-order valence-corrected chi connectivity index (χ4v) is 5.12. The van der Waals surface area contributed by atoms with Crippen molar-refractivity contribution in [3.8, 4) is 0 Å². The summed E-state index contributed by atoms with van der Waals surface area (Å²) in [5, 5.41) is 0. The lowest BCUT2D eigenvalue weighted by atomic mass is 10.0. The molecule has 1 heterocycles. The molecule has 2 rings (SSSR count). The smallest absolute Gasteiger partial charge is 0.338 e. The third-order valence-corrected chi connectivity index (χ3v) is 6.90. The van der Waals surface area contributed by atoms with Gasteiger partial charge in [-0.15, -0.1) is 0 Å². The maximum absolute atomic E-state index is 12.2. The summed E-state index contributed by atoms with van der Waals surface area (Å²) in [4.78, 5) is 12.2. The van der Waals surface area contributed by atoms with E-state index in [0.717, 1.165) is 5.56 Å². The van der Waals surface area contributed by atoms with Crippen molar-refractivity contribution in [1.29, 1.82) is 0 Å². The van der Waals surface area contributed by atoms with Crippen molar-refractivity contribution in [2.24, 2.45) is 0 Å². The van der Waals surface area contributed by atoms with Crippen molar-refractivity contribution in [3.05, 3.63) is 55.6 Å². The van der Waals surface area contributed by atoms with Gasteiger partial charge in [-0.2, -0.15) is 0 Å². The zero-order valence-corrected chi connectivity index (χ0v) is 16.3. The molecule has 0 N–H and O–H groups in total. The number of esters is 1. The van der Waals surface area contributed by atoms with Gasteiger partial charge in [0.25, 0.3) is 0 Å². The number of halogens is 2. The van der Waals surface area contributed by atoms with E-state index >= 15 is 0 Å². The van der Waals surface area contributed by atoms with Crippen molar-refractivity contribution < 1.29 is 9.53 Å². The highest BCUT2D eigenvalue weighted by molar-refractivity contribution is 14.2. The van der Waals surface area contributed by atoms with E-state index in [0.29, 0.717) is 5.56 Å². The average Bonchev–Trinajstić information content (AvgIpc) is 2.40. The topological polar surface area (TPSA) is 26.3 Å². The predicted molar refractivity (Wildman–Crippen MR) is 101 cm³/mol. The molecular formula is C17H18BrIO2. The first kappa shape index (κ1) is 16.6. The van der Waals surface area contributed by atoms with E-state index in [1.807, 2.05) is 39.0 Å². The summed E-state index contributed by atoms with van der Waals surface area (Å²) < 4.78 is 8.04. The molecule has 1 aromatic rings. The Labute approximate surface area is 144 Å². The Morgan fingerprint density at radius 2 is 1.95 bits per heavy atom. The first-order valence-corrected chi connectivity index (χ1v) is 9.61. The quantitative estimate of drug-likeness (QED) is 0.440. The van der Waals surface area contributed by atoms with Gasteiger partial charge in [0.15, 0.2) is 0 Å². The molecule has 0 amide bonds. The molecule has 0 saturated carbocycles. The Hall–Kier alpha value is -0.750. The fraction of sp³-hybridized carbons (Fsp3) is 0.294. The lowest BCUT2D eigenvalue weighted by Gasteiger charge is -2.20. The summed E-state index contributed by atoms with van der Waals surface area (Å²) in [6.45, 7) is 7.76. The van der Waals surface area contributed by atoms with E-state index in [9.17, 15) is 4.79 Å². The monoisotopic (exact) mass is 460 g/mol. The Morgan fingerprint density at radius 1 is 1.24 bits per heavy atom. The first-order chi connectivity index (χ1) is 9.76. The number of carbonyl (C=O) groups is 1. The van der Waals surface area contributed by atoms with Gasteiger partial charge in [0.2, 0.25) is 0 Å². The highest BCUT2D eigenvalue weighted by Crippen LogP contribution is 2.32. The van der Waals surface area contributed by atoms with E-state index in [2.05, 4.69) is 41.1 Å². The number of rotatable bonds is 2. The highest BCUT2D eigenvalue weighted by atomic mass is 127. The van der Waals surface area contributed by atoms with Gasteiger partial charge in [-0.1, -0.05) is 38.9 Å². The first-order valence-electron chi connectivity index (χ1n) is 6.66. The van der Waals surface area contributed by atoms with Gasteiger partial charge in [-0.05, 0) is 73.0 Å².